The lowest BCUT2D eigenvalue weighted by Crippen LogP contribution is -2.57. The second-order valence-corrected chi connectivity index (χ2v) is 9.56. The van der Waals surface area contributed by atoms with Gasteiger partial charge in [0.2, 0.25) is 5.91 Å². The third kappa shape index (κ3) is 5.17. The van der Waals surface area contributed by atoms with Crippen molar-refractivity contribution >= 4 is 18.0 Å². The number of hydrogen-bond donors (Lipinski definition) is 3. The molecular formula is C27H32N2O6. The minimum absolute atomic E-state index is 0.0207. The number of carbonyl (C=O) groups excluding carboxylic acids is 2. The highest BCUT2D eigenvalue weighted by molar-refractivity contribution is 5.88. The van der Waals surface area contributed by atoms with Crippen LogP contribution in [0.2, 0.25) is 0 Å². The van der Waals surface area contributed by atoms with Crippen LogP contribution in [-0.4, -0.2) is 55.5 Å². The van der Waals surface area contributed by atoms with E-state index in [1.54, 1.807) is 0 Å². The molecule has 3 N–H and O–H groups in total. The Bertz CT molecular complexity index is 1060. The second kappa shape index (κ2) is 10.5. The maximum Gasteiger partial charge on any atom is 0.407 e. The molecular weight excluding hydrogens is 448 g/mol. The van der Waals surface area contributed by atoms with Gasteiger partial charge < -0.3 is 25.2 Å². The summed E-state index contributed by atoms with van der Waals surface area (Å²) in [6.07, 6.45) is 1.73. The first-order valence-corrected chi connectivity index (χ1v) is 12.0. The highest BCUT2D eigenvalue weighted by Crippen LogP contribution is 2.44. The first-order valence-electron chi connectivity index (χ1n) is 12.0. The highest BCUT2D eigenvalue weighted by Gasteiger charge is 2.40. The number of ether oxygens (including phenoxy) is 2. The summed E-state index contributed by atoms with van der Waals surface area (Å²) in [7, 11) is 1.39. The Morgan fingerprint density at radius 2 is 1.66 bits per heavy atom. The number of rotatable bonds is 9. The fourth-order valence-corrected chi connectivity index (χ4v) is 5.29. The first-order chi connectivity index (χ1) is 16.8. The molecule has 2 aromatic carbocycles. The van der Waals surface area contributed by atoms with Gasteiger partial charge in [0, 0.05) is 25.5 Å². The summed E-state index contributed by atoms with van der Waals surface area (Å²) in [6, 6.07) is 16.3. The lowest BCUT2D eigenvalue weighted by Gasteiger charge is -2.28. The Morgan fingerprint density at radius 3 is 2.26 bits per heavy atom. The Morgan fingerprint density at radius 1 is 1.03 bits per heavy atom. The third-order valence-corrected chi connectivity index (χ3v) is 7.15. The van der Waals surface area contributed by atoms with Crippen molar-refractivity contribution < 1.29 is 29.0 Å². The van der Waals surface area contributed by atoms with Crippen LogP contribution < -0.4 is 10.6 Å². The number of carbonyl (C=O) groups is 3. The van der Waals surface area contributed by atoms with Crippen molar-refractivity contribution in [3.05, 3.63) is 59.7 Å². The molecule has 0 radical (unpaired) electrons. The molecule has 0 spiro atoms. The van der Waals surface area contributed by atoms with Crippen molar-refractivity contribution in [3.63, 3.8) is 0 Å². The van der Waals surface area contributed by atoms with Crippen molar-refractivity contribution in [2.45, 2.75) is 37.6 Å². The number of carboxylic acids is 1. The predicted molar refractivity (Wildman–Crippen MR) is 130 cm³/mol. The molecule has 0 saturated heterocycles. The molecule has 4 rings (SSSR count). The zero-order valence-corrected chi connectivity index (χ0v) is 20.1. The maximum absolute atomic E-state index is 12.9. The lowest BCUT2D eigenvalue weighted by molar-refractivity contribution is -0.150. The van der Waals surface area contributed by atoms with E-state index in [2.05, 4.69) is 34.9 Å². The van der Waals surface area contributed by atoms with Gasteiger partial charge in [-0.05, 0) is 47.9 Å². The largest absolute Gasteiger partial charge is 0.479 e. The van der Waals surface area contributed by atoms with Crippen molar-refractivity contribution in [2.24, 2.45) is 11.8 Å². The van der Waals surface area contributed by atoms with Gasteiger partial charge in [-0.15, -0.1) is 0 Å². The predicted octanol–water partition coefficient (Wildman–Crippen LogP) is 3.55. The van der Waals surface area contributed by atoms with Gasteiger partial charge >= 0.3 is 12.1 Å². The van der Waals surface area contributed by atoms with E-state index in [1.165, 1.54) is 25.2 Å². The Kier molecular flexibility index (Phi) is 7.40. The molecule has 2 aliphatic carbocycles. The lowest BCUT2D eigenvalue weighted by atomic mass is 9.93. The molecule has 35 heavy (non-hydrogen) atoms. The molecule has 1 fully saturated rings. The Labute approximate surface area is 205 Å². The molecule has 8 heteroatoms. The summed E-state index contributed by atoms with van der Waals surface area (Å²) in [5, 5.41) is 14.9. The SMILES string of the molecule is COCC(C)(NC(=O)C1CCCC1CNC(=O)OCC1c2ccccc2-c2ccccc21)C(=O)O. The first kappa shape index (κ1) is 24.7. The molecule has 3 unspecified atom stereocenters. The fraction of sp³-hybridized carbons (Fsp3) is 0.444. The van der Waals surface area contributed by atoms with E-state index in [0.717, 1.165) is 24.0 Å². The van der Waals surface area contributed by atoms with Crippen LogP contribution in [0.15, 0.2) is 48.5 Å². The van der Waals surface area contributed by atoms with Gasteiger partial charge in [0.15, 0.2) is 5.54 Å². The van der Waals surface area contributed by atoms with Crippen molar-refractivity contribution in [1.29, 1.82) is 0 Å². The van der Waals surface area contributed by atoms with Gasteiger partial charge in [0.1, 0.15) is 6.61 Å². The summed E-state index contributed by atoms with van der Waals surface area (Å²) in [5.41, 5.74) is 3.12. The van der Waals surface area contributed by atoms with Crippen molar-refractivity contribution in [2.75, 3.05) is 26.9 Å². The summed E-state index contributed by atoms with van der Waals surface area (Å²) >= 11 is 0. The summed E-state index contributed by atoms with van der Waals surface area (Å²) in [5.74, 6) is -1.97. The molecule has 0 bridgehead atoms. The zero-order chi connectivity index (χ0) is 25.0. The average Bonchev–Trinajstić information content (AvgIpc) is 3.44. The highest BCUT2D eigenvalue weighted by atomic mass is 16.5. The van der Waals surface area contributed by atoms with E-state index in [-0.39, 0.29) is 36.9 Å². The van der Waals surface area contributed by atoms with Crippen LogP contribution in [0.25, 0.3) is 11.1 Å². The molecule has 186 valence electrons. The van der Waals surface area contributed by atoms with E-state index in [9.17, 15) is 19.5 Å². The summed E-state index contributed by atoms with van der Waals surface area (Å²) in [6.45, 7) is 1.81. The fourth-order valence-electron chi connectivity index (χ4n) is 5.29. The number of methoxy groups -OCH3 is 1. The van der Waals surface area contributed by atoms with Gasteiger partial charge in [-0.25, -0.2) is 9.59 Å². The monoisotopic (exact) mass is 480 g/mol. The number of alkyl carbamates (subject to hydrolysis) is 1. The quantitative estimate of drug-likeness (QED) is 0.506. The van der Waals surface area contributed by atoms with E-state index in [0.29, 0.717) is 13.0 Å². The van der Waals surface area contributed by atoms with Crippen LogP contribution in [0.3, 0.4) is 0 Å². The molecule has 2 aromatic rings. The number of aliphatic carboxylic acids is 1. The standard InChI is InChI=1S/C27H32N2O6/c1-27(16-34-2,25(31)32)29-24(30)18-13-7-8-17(18)14-28-26(33)35-15-23-21-11-5-3-9-19(21)20-10-4-6-12-22(20)23/h3-6,9-12,17-18,23H,7-8,13-16H2,1-2H3,(H,28,33)(H,29,30)(H,31,32). The van der Waals surface area contributed by atoms with Gasteiger partial charge in [-0.2, -0.15) is 0 Å². The minimum atomic E-state index is -1.50. The number of nitrogens with one attached hydrogen (secondary N) is 2. The minimum Gasteiger partial charge on any atom is -0.479 e. The molecule has 1 saturated carbocycles. The summed E-state index contributed by atoms with van der Waals surface area (Å²) < 4.78 is 10.6. The van der Waals surface area contributed by atoms with E-state index in [1.807, 2.05) is 24.3 Å². The normalized spacial score (nSPS) is 20.4. The van der Waals surface area contributed by atoms with E-state index < -0.39 is 17.6 Å². The van der Waals surface area contributed by atoms with Gasteiger partial charge in [-0.1, -0.05) is 55.0 Å². The van der Waals surface area contributed by atoms with Crippen molar-refractivity contribution in [3.8, 4) is 11.1 Å². The topological polar surface area (TPSA) is 114 Å². The number of fused-ring (bicyclic) bond motifs is 3. The Hall–Kier alpha value is -3.39. The molecule has 0 aliphatic heterocycles. The number of hydrogen-bond acceptors (Lipinski definition) is 5. The maximum atomic E-state index is 12.9. The molecule has 3 atom stereocenters. The molecule has 2 amide bonds. The van der Waals surface area contributed by atoms with Gasteiger partial charge in [0.25, 0.3) is 0 Å². The molecule has 2 aliphatic rings. The van der Waals surface area contributed by atoms with Gasteiger partial charge in [-0.3, -0.25) is 4.79 Å². The van der Waals surface area contributed by atoms with Crippen LogP contribution in [0.1, 0.15) is 43.2 Å². The zero-order valence-electron chi connectivity index (χ0n) is 20.1. The van der Waals surface area contributed by atoms with Crippen LogP contribution in [0.5, 0.6) is 0 Å². The molecule has 8 nitrogen and oxygen atoms in total. The second-order valence-electron chi connectivity index (χ2n) is 9.56. The number of benzene rings is 2. The van der Waals surface area contributed by atoms with Crippen LogP contribution >= 0.6 is 0 Å². The van der Waals surface area contributed by atoms with E-state index >= 15 is 0 Å². The van der Waals surface area contributed by atoms with Crippen LogP contribution in [-0.2, 0) is 19.1 Å². The van der Waals surface area contributed by atoms with E-state index in [4.69, 9.17) is 9.47 Å². The smallest absolute Gasteiger partial charge is 0.407 e. The summed E-state index contributed by atoms with van der Waals surface area (Å²) in [4.78, 5) is 37.0. The van der Waals surface area contributed by atoms with Crippen molar-refractivity contribution in [1.82, 2.24) is 10.6 Å². The number of carboxylic acid groups (broad SMARTS) is 1. The molecule has 0 heterocycles. The third-order valence-electron chi connectivity index (χ3n) is 7.15. The van der Waals surface area contributed by atoms with Gasteiger partial charge in [0.05, 0.1) is 6.61 Å². The average molecular weight is 481 g/mol. The molecule has 0 aromatic heterocycles. The Balaban J connectivity index is 1.32. The number of amides is 2. The van der Waals surface area contributed by atoms with Crippen LogP contribution in [0.4, 0.5) is 4.79 Å². The van der Waals surface area contributed by atoms with Crippen LogP contribution in [0, 0.1) is 11.8 Å².